The monoisotopic (exact) mass is 666 g/mol. The van der Waals surface area contributed by atoms with Gasteiger partial charge in [-0.1, -0.05) is 44.2 Å². The fourth-order valence-electron chi connectivity index (χ4n) is 4.93. The molecule has 15 nitrogen and oxygen atoms in total. The number of benzene rings is 2. The lowest BCUT2D eigenvalue weighted by atomic mass is 10.0. The third kappa shape index (κ3) is 11.7. The van der Waals surface area contributed by atoms with Crippen LogP contribution in [0.25, 0.3) is 0 Å². The predicted molar refractivity (Wildman–Crippen MR) is 173 cm³/mol. The smallest absolute Gasteiger partial charge is 0.407 e. The van der Waals surface area contributed by atoms with Crippen molar-refractivity contribution in [1.82, 2.24) is 26.2 Å². The lowest BCUT2D eigenvalue weighted by molar-refractivity contribution is -0.139. The zero-order valence-electron chi connectivity index (χ0n) is 27.1. The number of hydrogen-bond donors (Lipinski definition) is 6. The van der Waals surface area contributed by atoms with Gasteiger partial charge in [-0.3, -0.25) is 24.0 Å². The topological polar surface area (TPSA) is 212 Å². The molecule has 1 aliphatic rings. The molecule has 0 saturated carbocycles. The Morgan fingerprint density at radius 3 is 2.21 bits per heavy atom. The van der Waals surface area contributed by atoms with E-state index < -0.39 is 66.3 Å². The standard InChI is InChI=1S/C33H42N6O9/c1-20(2)16-25(30(43)34-17-27(40)37-24-13-11-23(12-14-24)32(45)46)38-29(42)21(3)36-31(44)26-10-7-15-39(26)28(41)18-35-33(47)48-19-22-8-5-4-6-9-22/h4-6,8-9,11-14,20-21,25-26H,7,10,15-19H2,1-3H3,(H,34,43)(H,35,47)(H,36,44)(H,37,40)(H,38,42)(H,45,46)/t21-,25-,26-/m0/s1. The van der Waals surface area contributed by atoms with Crippen LogP contribution in [0.5, 0.6) is 0 Å². The van der Waals surface area contributed by atoms with E-state index >= 15 is 0 Å². The first-order valence-electron chi connectivity index (χ1n) is 15.6. The maximum Gasteiger partial charge on any atom is 0.407 e. The molecule has 0 bridgehead atoms. The van der Waals surface area contributed by atoms with Crippen LogP contribution < -0.4 is 26.6 Å². The number of likely N-dealkylation sites (tertiary alicyclic amines) is 1. The van der Waals surface area contributed by atoms with E-state index in [2.05, 4.69) is 26.6 Å². The SMILES string of the molecule is CC(C)C[C@H](NC(=O)[C@H](C)NC(=O)[C@@H]1CCCN1C(=O)CNC(=O)OCc1ccccc1)C(=O)NCC(=O)Nc1ccc(C(=O)O)cc1. The highest BCUT2D eigenvalue weighted by atomic mass is 16.5. The van der Waals surface area contributed by atoms with Crippen LogP contribution >= 0.6 is 0 Å². The quantitative estimate of drug-likeness (QED) is 0.162. The molecular formula is C33H42N6O9. The number of amides is 6. The van der Waals surface area contributed by atoms with Gasteiger partial charge in [0.25, 0.3) is 0 Å². The van der Waals surface area contributed by atoms with Crippen molar-refractivity contribution in [3.63, 3.8) is 0 Å². The number of rotatable bonds is 15. The maximum atomic E-state index is 13.1. The van der Waals surface area contributed by atoms with E-state index in [1.165, 1.54) is 36.1 Å². The molecule has 2 aromatic rings. The largest absolute Gasteiger partial charge is 0.478 e. The van der Waals surface area contributed by atoms with Crippen LogP contribution in [0.15, 0.2) is 54.6 Å². The summed E-state index contributed by atoms with van der Waals surface area (Å²) in [6.45, 7) is 4.73. The zero-order valence-corrected chi connectivity index (χ0v) is 27.1. The number of alkyl carbamates (subject to hydrolysis) is 1. The van der Waals surface area contributed by atoms with Crippen LogP contribution in [0.1, 0.15) is 56.0 Å². The molecule has 0 unspecified atom stereocenters. The lowest BCUT2D eigenvalue weighted by Gasteiger charge is -2.26. The van der Waals surface area contributed by atoms with E-state index in [1.807, 2.05) is 32.0 Å². The summed E-state index contributed by atoms with van der Waals surface area (Å²) in [6, 6.07) is 11.6. The summed E-state index contributed by atoms with van der Waals surface area (Å²) < 4.78 is 5.12. The molecule has 48 heavy (non-hydrogen) atoms. The Morgan fingerprint density at radius 1 is 0.875 bits per heavy atom. The molecule has 0 aromatic heterocycles. The molecule has 1 fully saturated rings. The first-order valence-corrected chi connectivity index (χ1v) is 15.6. The Balaban J connectivity index is 1.46. The van der Waals surface area contributed by atoms with Gasteiger partial charge in [0.05, 0.1) is 12.1 Å². The molecule has 1 aliphatic heterocycles. The fourth-order valence-corrected chi connectivity index (χ4v) is 4.93. The molecule has 15 heteroatoms. The zero-order chi connectivity index (χ0) is 35.2. The van der Waals surface area contributed by atoms with E-state index in [1.54, 1.807) is 12.1 Å². The van der Waals surface area contributed by atoms with Crippen molar-refractivity contribution in [2.75, 3.05) is 25.0 Å². The molecule has 0 aliphatic carbocycles. The van der Waals surface area contributed by atoms with Crippen molar-refractivity contribution >= 4 is 47.3 Å². The minimum Gasteiger partial charge on any atom is -0.478 e. The van der Waals surface area contributed by atoms with E-state index in [-0.39, 0.29) is 31.1 Å². The van der Waals surface area contributed by atoms with Crippen molar-refractivity contribution in [3.05, 3.63) is 65.7 Å². The number of carbonyl (C=O) groups excluding carboxylic acids is 6. The highest BCUT2D eigenvalue weighted by molar-refractivity contribution is 5.98. The molecule has 0 spiro atoms. The van der Waals surface area contributed by atoms with E-state index in [0.29, 0.717) is 25.1 Å². The van der Waals surface area contributed by atoms with Crippen LogP contribution in [-0.4, -0.2) is 89.4 Å². The molecule has 2 aromatic carbocycles. The van der Waals surface area contributed by atoms with Crippen LogP contribution in [0.4, 0.5) is 10.5 Å². The van der Waals surface area contributed by atoms with Gasteiger partial charge in [0.15, 0.2) is 0 Å². The van der Waals surface area contributed by atoms with Crippen molar-refractivity contribution in [2.45, 2.75) is 64.8 Å². The average Bonchev–Trinajstić information content (AvgIpc) is 3.56. The van der Waals surface area contributed by atoms with Crippen molar-refractivity contribution in [1.29, 1.82) is 0 Å². The minimum atomic E-state index is -1.11. The summed E-state index contributed by atoms with van der Waals surface area (Å²) in [5.74, 6) is -3.93. The molecular weight excluding hydrogens is 624 g/mol. The lowest BCUT2D eigenvalue weighted by Crippen LogP contribution is -2.56. The third-order valence-corrected chi connectivity index (χ3v) is 7.40. The van der Waals surface area contributed by atoms with E-state index in [0.717, 1.165) is 5.56 Å². The molecule has 1 heterocycles. The second-order valence-corrected chi connectivity index (χ2v) is 11.7. The second kappa shape index (κ2) is 18.0. The van der Waals surface area contributed by atoms with E-state index in [9.17, 15) is 33.6 Å². The van der Waals surface area contributed by atoms with Crippen LogP contribution in [0, 0.1) is 5.92 Å². The summed E-state index contributed by atoms with van der Waals surface area (Å²) in [7, 11) is 0. The van der Waals surface area contributed by atoms with Gasteiger partial charge in [-0.2, -0.15) is 0 Å². The Labute approximate surface area is 278 Å². The van der Waals surface area contributed by atoms with Crippen molar-refractivity contribution in [2.24, 2.45) is 5.92 Å². The molecule has 3 atom stereocenters. The number of carboxylic acids is 1. The first-order chi connectivity index (χ1) is 22.8. The van der Waals surface area contributed by atoms with Gasteiger partial charge in [0.1, 0.15) is 31.3 Å². The average molecular weight is 667 g/mol. The third-order valence-electron chi connectivity index (χ3n) is 7.40. The van der Waals surface area contributed by atoms with Crippen molar-refractivity contribution in [3.8, 4) is 0 Å². The minimum absolute atomic E-state index is 0.00480. The Hall–Kier alpha value is -5.47. The Kier molecular flexibility index (Phi) is 13.9. The molecule has 6 N–H and O–H groups in total. The highest BCUT2D eigenvalue weighted by Gasteiger charge is 2.35. The number of carboxylic acid groups (broad SMARTS) is 1. The molecule has 3 rings (SSSR count). The van der Waals surface area contributed by atoms with Gasteiger partial charge in [0.2, 0.25) is 29.5 Å². The number of nitrogens with zero attached hydrogens (tertiary/aromatic N) is 1. The summed E-state index contributed by atoms with van der Waals surface area (Å²) >= 11 is 0. The predicted octanol–water partition coefficient (Wildman–Crippen LogP) is 1.39. The van der Waals surface area contributed by atoms with Gasteiger partial charge >= 0.3 is 12.1 Å². The summed E-state index contributed by atoms with van der Waals surface area (Å²) in [5.41, 5.74) is 1.19. The van der Waals surface area contributed by atoms with Crippen molar-refractivity contribution < 1.29 is 43.4 Å². The number of carbonyl (C=O) groups is 7. The van der Waals surface area contributed by atoms with Crippen LogP contribution in [0.3, 0.4) is 0 Å². The van der Waals surface area contributed by atoms with E-state index in [4.69, 9.17) is 9.84 Å². The molecule has 258 valence electrons. The molecule has 1 saturated heterocycles. The number of anilines is 1. The maximum absolute atomic E-state index is 13.1. The Morgan fingerprint density at radius 2 is 1.56 bits per heavy atom. The number of ether oxygens (including phenoxy) is 1. The summed E-state index contributed by atoms with van der Waals surface area (Å²) in [4.78, 5) is 88.7. The normalized spacial score (nSPS) is 15.1. The highest BCUT2D eigenvalue weighted by Crippen LogP contribution is 2.18. The van der Waals surface area contributed by atoms with Gasteiger partial charge in [-0.25, -0.2) is 9.59 Å². The molecule has 0 radical (unpaired) electrons. The van der Waals surface area contributed by atoms with Crippen LogP contribution in [-0.2, 0) is 35.3 Å². The number of hydrogen-bond acceptors (Lipinski definition) is 8. The summed E-state index contributed by atoms with van der Waals surface area (Å²) in [6.07, 6.45) is 0.405. The van der Waals surface area contributed by atoms with Gasteiger partial charge in [-0.15, -0.1) is 0 Å². The second-order valence-electron chi connectivity index (χ2n) is 11.7. The Bertz CT molecular complexity index is 1470. The van der Waals surface area contributed by atoms with Gasteiger partial charge in [-0.05, 0) is 61.9 Å². The van der Waals surface area contributed by atoms with Gasteiger partial charge in [0, 0.05) is 12.2 Å². The first kappa shape index (κ1) is 37.0. The number of nitrogens with one attached hydrogen (secondary N) is 5. The fraction of sp³-hybridized carbons (Fsp3) is 0.424. The summed E-state index contributed by atoms with van der Waals surface area (Å²) in [5, 5.41) is 21.7. The van der Waals surface area contributed by atoms with Gasteiger partial charge < -0.3 is 41.3 Å². The number of aromatic carboxylic acids is 1. The van der Waals surface area contributed by atoms with Crippen LogP contribution in [0.2, 0.25) is 0 Å². The molecule has 6 amide bonds.